The van der Waals surface area contributed by atoms with Crippen LogP contribution in [0.1, 0.15) is 37.2 Å². The fraction of sp³-hybridized carbons (Fsp3) is 0.393. The predicted molar refractivity (Wildman–Crippen MR) is 137 cm³/mol. The largest absolute Gasteiger partial charge is 0.491 e. The zero-order valence-corrected chi connectivity index (χ0v) is 22.0. The van der Waals surface area contributed by atoms with Crippen molar-refractivity contribution in [3.63, 3.8) is 0 Å². The van der Waals surface area contributed by atoms with Crippen LogP contribution in [0.2, 0.25) is 0 Å². The summed E-state index contributed by atoms with van der Waals surface area (Å²) in [7, 11) is 0. The minimum Gasteiger partial charge on any atom is -0.491 e. The maximum absolute atomic E-state index is 13.6. The number of para-hydroxylation sites is 1. The number of Topliss-reactive ketones (excluding diaryl/α,β-unsaturated/α-hetero) is 1. The summed E-state index contributed by atoms with van der Waals surface area (Å²) in [6, 6.07) is 7.11. The Balaban J connectivity index is 1.59. The summed E-state index contributed by atoms with van der Waals surface area (Å²) < 4.78 is 5.94. The summed E-state index contributed by atoms with van der Waals surface area (Å²) in [5.74, 6) is -4.31. The van der Waals surface area contributed by atoms with Crippen molar-refractivity contribution in [1.29, 1.82) is 0 Å². The quantitative estimate of drug-likeness (QED) is 0.270. The van der Waals surface area contributed by atoms with Crippen molar-refractivity contribution in [3.05, 3.63) is 63.2 Å². The van der Waals surface area contributed by atoms with E-state index in [1.54, 1.807) is 18.2 Å². The molecule has 1 aromatic carbocycles. The Kier molecular flexibility index (Phi) is 7.19. The van der Waals surface area contributed by atoms with Gasteiger partial charge in [-0.1, -0.05) is 29.8 Å². The second-order valence-electron chi connectivity index (χ2n) is 9.83. The number of hydrogen-bond acceptors (Lipinski definition) is 7. The van der Waals surface area contributed by atoms with Gasteiger partial charge in [0.2, 0.25) is 11.8 Å². The van der Waals surface area contributed by atoms with Crippen LogP contribution in [-0.2, 0) is 24.0 Å². The molecular formula is C28H26BrNO8. The van der Waals surface area contributed by atoms with E-state index in [0.29, 0.717) is 28.9 Å². The second-order valence-corrected chi connectivity index (χ2v) is 10.7. The highest BCUT2D eigenvalue weighted by Crippen LogP contribution is 2.56. The summed E-state index contributed by atoms with van der Waals surface area (Å²) in [4.78, 5) is 65.6. The number of hydrogen-bond donors (Lipinski definition) is 2. The number of allylic oxidation sites excluding steroid dienone is 6. The Morgan fingerprint density at radius 1 is 1.11 bits per heavy atom. The van der Waals surface area contributed by atoms with E-state index in [1.807, 2.05) is 12.1 Å². The summed E-state index contributed by atoms with van der Waals surface area (Å²) in [5.41, 5.74) is 2.10. The van der Waals surface area contributed by atoms with Gasteiger partial charge in [-0.25, -0.2) is 0 Å². The first-order chi connectivity index (χ1) is 18.2. The number of ketones is 2. The van der Waals surface area contributed by atoms with Crippen LogP contribution in [0.5, 0.6) is 5.75 Å². The Morgan fingerprint density at radius 3 is 2.61 bits per heavy atom. The molecule has 1 aliphatic heterocycles. The van der Waals surface area contributed by atoms with E-state index >= 15 is 0 Å². The lowest BCUT2D eigenvalue weighted by atomic mass is 9.59. The topological polar surface area (TPSA) is 138 Å². The Hall–Kier alpha value is -3.37. The molecule has 2 amide bonds. The van der Waals surface area contributed by atoms with E-state index in [9.17, 15) is 29.1 Å². The van der Waals surface area contributed by atoms with Crippen LogP contribution in [0.25, 0.3) is 0 Å². The summed E-state index contributed by atoms with van der Waals surface area (Å²) >= 11 is 3.21. The monoisotopic (exact) mass is 583 g/mol. The third-order valence-electron chi connectivity index (χ3n) is 7.77. The number of amides is 2. The van der Waals surface area contributed by atoms with Crippen molar-refractivity contribution in [2.75, 3.05) is 19.8 Å². The van der Waals surface area contributed by atoms with E-state index in [1.165, 1.54) is 6.08 Å². The van der Waals surface area contributed by atoms with E-state index in [0.717, 1.165) is 10.5 Å². The third-order valence-corrected chi connectivity index (χ3v) is 8.36. The van der Waals surface area contributed by atoms with Crippen LogP contribution < -0.4 is 4.74 Å². The number of aliphatic hydroxyl groups is 1. The van der Waals surface area contributed by atoms with Gasteiger partial charge in [-0.15, -0.1) is 0 Å². The fourth-order valence-corrected chi connectivity index (χ4v) is 6.69. The molecule has 4 unspecified atom stereocenters. The molecule has 4 aliphatic rings. The average Bonchev–Trinajstić information content (AvgIpc) is 3.14. The number of fused-ring (bicyclic) bond motifs is 3. The molecule has 1 fully saturated rings. The number of carboxylic acid groups (broad SMARTS) is 1. The van der Waals surface area contributed by atoms with Crippen LogP contribution in [-0.4, -0.2) is 64.2 Å². The van der Waals surface area contributed by atoms with Crippen molar-refractivity contribution < 1.29 is 38.9 Å². The van der Waals surface area contributed by atoms with Gasteiger partial charge in [-0.2, -0.15) is 0 Å². The van der Waals surface area contributed by atoms with Gasteiger partial charge < -0.3 is 14.9 Å². The van der Waals surface area contributed by atoms with E-state index in [-0.39, 0.29) is 66.9 Å². The smallest absolute Gasteiger partial charge is 0.303 e. The summed E-state index contributed by atoms with van der Waals surface area (Å²) in [6.45, 7) is -0.136. The number of halogens is 1. The van der Waals surface area contributed by atoms with Crippen LogP contribution in [0.3, 0.4) is 0 Å². The molecule has 4 atom stereocenters. The van der Waals surface area contributed by atoms with Gasteiger partial charge in [-0.3, -0.25) is 28.9 Å². The molecule has 1 heterocycles. The minimum atomic E-state index is -0.999. The summed E-state index contributed by atoms with van der Waals surface area (Å²) in [6.07, 6.45) is 3.64. The zero-order valence-electron chi connectivity index (χ0n) is 20.4. The van der Waals surface area contributed by atoms with Gasteiger partial charge in [-0.05, 0) is 47.2 Å². The molecule has 1 aromatic rings. The number of benzene rings is 1. The number of imide groups is 1. The molecule has 0 bridgehead atoms. The van der Waals surface area contributed by atoms with Gasteiger partial charge in [0.25, 0.3) is 0 Å². The number of carbonyl (C=O) groups is 5. The second kappa shape index (κ2) is 10.4. The van der Waals surface area contributed by atoms with Gasteiger partial charge in [0, 0.05) is 41.7 Å². The molecule has 0 radical (unpaired) electrons. The van der Waals surface area contributed by atoms with Crippen LogP contribution in [0.15, 0.2) is 57.6 Å². The van der Waals surface area contributed by atoms with Gasteiger partial charge in [0.05, 0.1) is 22.9 Å². The highest BCUT2D eigenvalue weighted by molar-refractivity contribution is 9.12. The first-order valence-electron chi connectivity index (χ1n) is 12.5. The lowest BCUT2D eigenvalue weighted by molar-refractivity contribution is -0.142. The molecule has 2 N–H and O–H groups in total. The highest BCUT2D eigenvalue weighted by atomic mass is 79.9. The lowest BCUT2D eigenvalue weighted by Crippen LogP contribution is -2.39. The lowest BCUT2D eigenvalue weighted by Gasteiger charge is -2.42. The molecule has 5 rings (SSSR count). The third kappa shape index (κ3) is 4.35. The van der Waals surface area contributed by atoms with E-state index < -0.39 is 29.6 Å². The number of aliphatic hydroxyl groups excluding tert-OH is 1. The molecule has 10 heteroatoms. The number of carboxylic acids is 1. The van der Waals surface area contributed by atoms with Crippen LogP contribution >= 0.6 is 15.9 Å². The molecule has 3 aliphatic carbocycles. The zero-order chi connectivity index (χ0) is 27.1. The number of nitrogens with zero attached hydrogens (tertiary/aromatic N) is 1. The Labute approximate surface area is 227 Å². The number of carbonyl (C=O) groups excluding carboxylic acids is 4. The first kappa shape index (κ1) is 26.2. The average molecular weight is 584 g/mol. The molecular weight excluding hydrogens is 558 g/mol. The maximum atomic E-state index is 13.6. The maximum Gasteiger partial charge on any atom is 0.303 e. The standard InChI is InChI=1S/C28H26BrNO8/c29-19-13-20(32)25-18(26(19)35)12-17-14(23(25)15-4-1-2-5-21(15)38-11-10-31)7-8-16-24(17)28(37)30(27(16)36)9-3-6-22(33)34/h1-2,4-5,7,13,16-17,23-24,31H,3,6,8-12H2,(H,33,34). The number of aliphatic carboxylic acids is 1. The number of rotatable bonds is 8. The SMILES string of the molecule is O=C(O)CCCN1C(=O)C2CC=C3C(c4ccccc4OCCO)C4=C(CC3C2C1=O)C(=O)C(Br)=CC4=O. The molecule has 0 saturated carbocycles. The van der Waals surface area contributed by atoms with Gasteiger partial charge in [0.1, 0.15) is 12.4 Å². The Morgan fingerprint density at radius 2 is 1.87 bits per heavy atom. The van der Waals surface area contributed by atoms with Crippen LogP contribution in [0.4, 0.5) is 0 Å². The van der Waals surface area contributed by atoms with Crippen molar-refractivity contribution >= 4 is 45.3 Å². The van der Waals surface area contributed by atoms with Crippen molar-refractivity contribution in [3.8, 4) is 5.75 Å². The van der Waals surface area contributed by atoms with E-state index in [4.69, 9.17) is 9.84 Å². The van der Waals surface area contributed by atoms with Crippen molar-refractivity contribution in [2.24, 2.45) is 17.8 Å². The molecule has 0 spiro atoms. The first-order valence-corrected chi connectivity index (χ1v) is 13.3. The molecule has 1 saturated heterocycles. The van der Waals surface area contributed by atoms with Gasteiger partial charge in [0.15, 0.2) is 11.6 Å². The fourth-order valence-electron chi connectivity index (χ4n) is 6.24. The van der Waals surface area contributed by atoms with E-state index in [2.05, 4.69) is 15.9 Å². The number of ether oxygens (including phenoxy) is 1. The summed E-state index contributed by atoms with van der Waals surface area (Å²) in [5, 5.41) is 18.3. The van der Waals surface area contributed by atoms with Crippen molar-refractivity contribution in [1.82, 2.24) is 4.90 Å². The highest BCUT2D eigenvalue weighted by Gasteiger charge is 2.56. The molecule has 0 aromatic heterocycles. The normalized spacial score (nSPS) is 26.5. The molecule has 198 valence electrons. The minimum absolute atomic E-state index is 0.0277. The molecule has 38 heavy (non-hydrogen) atoms. The number of likely N-dealkylation sites (tertiary alicyclic amines) is 1. The Bertz CT molecular complexity index is 1340. The molecule has 9 nitrogen and oxygen atoms in total. The predicted octanol–water partition coefficient (Wildman–Crippen LogP) is 2.68. The van der Waals surface area contributed by atoms with Crippen LogP contribution in [0, 0.1) is 17.8 Å². The van der Waals surface area contributed by atoms with Gasteiger partial charge >= 0.3 is 5.97 Å². The van der Waals surface area contributed by atoms with Crippen molar-refractivity contribution in [2.45, 2.75) is 31.6 Å².